The second-order valence-electron chi connectivity index (χ2n) is 4.73. The molecular weight excluding hydrogens is 224 g/mol. The summed E-state index contributed by atoms with van der Waals surface area (Å²) in [4.78, 5) is 0. The van der Waals surface area contributed by atoms with Gasteiger partial charge in [-0.25, -0.2) is 8.42 Å². The second kappa shape index (κ2) is 4.85. The zero-order valence-corrected chi connectivity index (χ0v) is 10.6. The maximum absolute atomic E-state index is 12.1. The van der Waals surface area contributed by atoms with Gasteiger partial charge < -0.3 is 5.32 Å². The standard InChI is InChI=1S/C11H20N2O2S/c1-10-4-7-13(8-5-10)16(14,15)9-11-3-2-6-12-11/h4,11-12H,2-3,5-9H2,1H3. The van der Waals surface area contributed by atoms with Gasteiger partial charge in [-0.1, -0.05) is 11.6 Å². The van der Waals surface area contributed by atoms with Crippen molar-refractivity contribution in [2.75, 3.05) is 25.4 Å². The van der Waals surface area contributed by atoms with Gasteiger partial charge in [0.1, 0.15) is 0 Å². The lowest BCUT2D eigenvalue weighted by atomic mass is 10.1. The fourth-order valence-electron chi connectivity index (χ4n) is 2.26. The van der Waals surface area contributed by atoms with Crippen LogP contribution in [0, 0.1) is 0 Å². The predicted molar refractivity (Wildman–Crippen MR) is 64.8 cm³/mol. The highest BCUT2D eigenvalue weighted by atomic mass is 32.2. The van der Waals surface area contributed by atoms with Crippen molar-refractivity contribution < 1.29 is 8.42 Å². The largest absolute Gasteiger partial charge is 0.313 e. The van der Waals surface area contributed by atoms with Crippen LogP contribution in [0.1, 0.15) is 26.2 Å². The molecule has 2 aliphatic rings. The fourth-order valence-corrected chi connectivity index (χ4v) is 3.94. The van der Waals surface area contributed by atoms with Crippen molar-refractivity contribution in [1.29, 1.82) is 0 Å². The minimum atomic E-state index is -3.06. The average molecular weight is 244 g/mol. The van der Waals surface area contributed by atoms with E-state index in [1.165, 1.54) is 5.57 Å². The molecule has 92 valence electrons. The second-order valence-corrected chi connectivity index (χ2v) is 6.74. The van der Waals surface area contributed by atoms with E-state index in [9.17, 15) is 8.42 Å². The highest BCUT2D eigenvalue weighted by Crippen LogP contribution is 2.16. The topological polar surface area (TPSA) is 49.4 Å². The molecule has 0 saturated carbocycles. The van der Waals surface area contributed by atoms with E-state index in [-0.39, 0.29) is 11.8 Å². The van der Waals surface area contributed by atoms with Crippen molar-refractivity contribution in [1.82, 2.24) is 9.62 Å². The Bertz CT molecular complexity index is 369. The van der Waals surface area contributed by atoms with Gasteiger partial charge in [-0.15, -0.1) is 0 Å². The van der Waals surface area contributed by atoms with E-state index in [0.29, 0.717) is 13.1 Å². The van der Waals surface area contributed by atoms with Crippen molar-refractivity contribution in [3.05, 3.63) is 11.6 Å². The summed E-state index contributed by atoms with van der Waals surface area (Å²) in [6.07, 6.45) is 4.97. The normalized spacial score (nSPS) is 28.1. The van der Waals surface area contributed by atoms with E-state index in [1.807, 2.05) is 6.08 Å². The Kier molecular flexibility index (Phi) is 3.66. The fraction of sp³-hybridized carbons (Fsp3) is 0.818. The van der Waals surface area contributed by atoms with Gasteiger partial charge in [-0.2, -0.15) is 4.31 Å². The third-order valence-electron chi connectivity index (χ3n) is 3.37. The summed E-state index contributed by atoms with van der Waals surface area (Å²) in [5, 5.41) is 3.24. The molecule has 1 N–H and O–H groups in total. The van der Waals surface area contributed by atoms with Crippen LogP contribution in [0.4, 0.5) is 0 Å². The van der Waals surface area contributed by atoms with Crippen LogP contribution in [0.25, 0.3) is 0 Å². The van der Waals surface area contributed by atoms with Gasteiger partial charge in [0.2, 0.25) is 10.0 Å². The molecule has 0 aliphatic carbocycles. The lowest BCUT2D eigenvalue weighted by Crippen LogP contribution is -2.41. The summed E-state index contributed by atoms with van der Waals surface area (Å²) in [5.41, 5.74) is 1.30. The Balaban J connectivity index is 1.96. The van der Waals surface area contributed by atoms with Crippen molar-refractivity contribution in [2.45, 2.75) is 32.2 Å². The molecule has 0 amide bonds. The third-order valence-corrected chi connectivity index (χ3v) is 5.31. The Morgan fingerprint density at radius 3 is 2.94 bits per heavy atom. The van der Waals surface area contributed by atoms with Gasteiger partial charge in [-0.3, -0.25) is 0 Å². The monoisotopic (exact) mass is 244 g/mol. The molecule has 1 fully saturated rings. The van der Waals surface area contributed by atoms with E-state index in [2.05, 4.69) is 12.2 Å². The molecule has 0 aromatic heterocycles. The first-order valence-electron chi connectivity index (χ1n) is 5.95. The molecule has 1 unspecified atom stereocenters. The van der Waals surface area contributed by atoms with E-state index in [1.54, 1.807) is 4.31 Å². The predicted octanol–water partition coefficient (Wildman–Crippen LogP) is 0.720. The maximum atomic E-state index is 12.1. The summed E-state index contributed by atoms with van der Waals surface area (Å²) in [6.45, 7) is 4.22. The summed E-state index contributed by atoms with van der Waals surface area (Å²) >= 11 is 0. The third kappa shape index (κ3) is 2.84. The molecule has 0 aromatic rings. The lowest BCUT2D eigenvalue weighted by molar-refractivity contribution is 0.426. The van der Waals surface area contributed by atoms with Crippen molar-refractivity contribution in [2.24, 2.45) is 0 Å². The summed E-state index contributed by atoms with van der Waals surface area (Å²) in [5.74, 6) is 0.264. The van der Waals surface area contributed by atoms with Crippen LogP contribution < -0.4 is 5.32 Å². The van der Waals surface area contributed by atoms with Gasteiger partial charge >= 0.3 is 0 Å². The molecule has 5 heteroatoms. The molecule has 2 heterocycles. The number of rotatable bonds is 3. The molecule has 0 spiro atoms. The van der Waals surface area contributed by atoms with Gasteiger partial charge in [-0.05, 0) is 32.7 Å². The zero-order valence-electron chi connectivity index (χ0n) is 9.78. The number of sulfonamides is 1. The summed E-state index contributed by atoms with van der Waals surface area (Å²) < 4.78 is 25.8. The van der Waals surface area contributed by atoms with Gasteiger partial charge in [0.05, 0.1) is 5.75 Å². The summed E-state index contributed by atoms with van der Waals surface area (Å²) in [6, 6.07) is 0.164. The number of nitrogens with one attached hydrogen (secondary N) is 1. The average Bonchev–Trinajstić information content (AvgIpc) is 2.70. The smallest absolute Gasteiger partial charge is 0.215 e. The molecular formula is C11H20N2O2S. The first kappa shape index (κ1) is 12.1. The van der Waals surface area contributed by atoms with E-state index in [0.717, 1.165) is 25.8 Å². The van der Waals surface area contributed by atoms with E-state index in [4.69, 9.17) is 0 Å². The van der Waals surface area contributed by atoms with Gasteiger partial charge in [0, 0.05) is 19.1 Å². The Morgan fingerprint density at radius 2 is 2.38 bits per heavy atom. The molecule has 2 aliphatic heterocycles. The maximum Gasteiger partial charge on any atom is 0.215 e. The van der Waals surface area contributed by atoms with Crippen LogP contribution in [-0.4, -0.2) is 44.2 Å². The summed E-state index contributed by atoms with van der Waals surface area (Å²) in [7, 11) is -3.06. The molecule has 1 atom stereocenters. The van der Waals surface area contributed by atoms with Crippen LogP contribution in [0.15, 0.2) is 11.6 Å². The minimum Gasteiger partial charge on any atom is -0.313 e. The molecule has 16 heavy (non-hydrogen) atoms. The van der Waals surface area contributed by atoms with E-state index < -0.39 is 10.0 Å². The van der Waals surface area contributed by atoms with Crippen LogP contribution in [0.5, 0.6) is 0 Å². The molecule has 4 nitrogen and oxygen atoms in total. The highest BCUT2D eigenvalue weighted by molar-refractivity contribution is 7.89. The number of hydrogen-bond donors (Lipinski definition) is 1. The Hall–Kier alpha value is -0.390. The minimum absolute atomic E-state index is 0.164. The molecule has 0 aromatic carbocycles. The highest BCUT2D eigenvalue weighted by Gasteiger charge is 2.28. The Labute approximate surface area is 97.8 Å². The van der Waals surface area contributed by atoms with Crippen LogP contribution in [0.3, 0.4) is 0 Å². The van der Waals surface area contributed by atoms with Crippen molar-refractivity contribution in [3.63, 3.8) is 0 Å². The van der Waals surface area contributed by atoms with Crippen molar-refractivity contribution >= 4 is 10.0 Å². The zero-order chi connectivity index (χ0) is 11.6. The first-order valence-corrected chi connectivity index (χ1v) is 7.56. The molecule has 0 bridgehead atoms. The van der Waals surface area contributed by atoms with Gasteiger partial charge in [0.15, 0.2) is 0 Å². The number of nitrogens with zero attached hydrogens (tertiary/aromatic N) is 1. The van der Waals surface area contributed by atoms with E-state index >= 15 is 0 Å². The molecule has 0 radical (unpaired) electrons. The first-order chi connectivity index (χ1) is 7.58. The lowest BCUT2D eigenvalue weighted by Gasteiger charge is -2.26. The van der Waals surface area contributed by atoms with Gasteiger partial charge in [0.25, 0.3) is 0 Å². The molecule has 1 saturated heterocycles. The SMILES string of the molecule is CC1=CCN(S(=O)(=O)CC2CCCN2)CC1. The van der Waals surface area contributed by atoms with Crippen LogP contribution in [-0.2, 0) is 10.0 Å². The van der Waals surface area contributed by atoms with Crippen molar-refractivity contribution in [3.8, 4) is 0 Å². The number of hydrogen-bond acceptors (Lipinski definition) is 3. The van der Waals surface area contributed by atoms with Crippen LogP contribution >= 0.6 is 0 Å². The Morgan fingerprint density at radius 1 is 1.56 bits per heavy atom. The van der Waals surface area contributed by atoms with Crippen LogP contribution in [0.2, 0.25) is 0 Å². The quantitative estimate of drug-likeness (QED) is 0.744. The molecule has 2 rings (SSSR count).